The molecule has 3 N–H and O–H groups in total. The lowest BCUT2D eigenvalue weighted by Crippen LogP contribution is -2.51. The molecule has 204 valence electrons. The van der Waals surface area contributed by atoms with Gasteiger partial charge in [0.1, 0.15) is 6.04 Å². The molecule has 0 aromatic heterocycles. The number of benzene rings is 2. The number of aliphatic carboxylic acids is 1. The number of carboxylic acid groups (broad SMARTS) is 1. The summed E-state index contributed by atoms with van der Waals surface area (Å²) in [6.45, 7) is 0.597. The van der Waals surface area contributed by atoms with Gasteiger partial charge in [-0.15, -0.1) is 11.8 Å². The molecule has 0 aliphatic carbocycles. The number of aryl methyl sites for hydroxylation is 1. The van der Waals surface area contributed by atoms with Crippen LogP contribution in [0.5, 0.6) is 0 Å². The fraction of sp³-hybridized carbons (Fsp3) is 0.407. The first kappa shape index (κ1) is 29.8. The molecular weight excluding hydrogens is 549 g/mol. The third-order valence-corrected chi connectivity index (χ3v) is 8.31. The van der Waals surface area contributed by atoms with E-state index in [1.807, 2.05) is 36.6 Å². The lowest BCUT2D eigenvalue weighted by Gasteiger charge is -2.32. The molecule has 3 amide bonds. The molecule has 8 nitrogen and oxygen atoms in total. The molecule has 1 aliphatic rings. The van der Waals surface area contributed by atoms with Crippen molar-refractivity contribution in [2.24, 2.45) is 5.92 Å². The molecule has 1 saturated heterocycles. The number of rotatable bonds is 11. The first-order valence-corrected chi connectivity index (χ1v) is 14.3. The Hall–Kier alpha value is -2.75. The van der Waals surface area contributed by atoms with Gasteiger partial charge in [0.25, 0.3) is 0 Å². The monoisotopic (exact) mass is 579 g/mol. The summed E-state index contributed by atoms with van der Waals surface area (Å²) in [6.07, 6.45) is 3.63. The van der Waals surface area contributed by atoms with Crippen molar-refractivity contribution < 1.29 is 24.3 Å². The molecule has 38 heavy (non-hydrogen) atoms. The maximum atomic E-state index is 12.7. The molecule has 2 aromatic carbocycles. The average molecular weight is 581 g/mol. The van der Waals surface area contributed by atoms with Crippen LogP contribution in [0.2, 0.25) is 10.0 Å². The maximum absolute atomic E-state index is 12.7. The number of halogens is 2. The van der Waals surface area contributed by atoms with Gasteiger partial charge in [0.15, 0.2) is 0 Å². The first-order valence-electron chi connectivity index (χ1n) is 12.3. The van der Waals surface area contributed by atoms with Crippen molar-refractivity contribution in [3.05, 3.63) is 63.6 Å². The zero-order valence-corrected chi connectivity index (χ0v) is 23.4. The third kappa shape index (κ3) is 8.38. The number of piperidine rings is 1. The van der Waals surface area contributed by atoms with Crippen molar-refractivity contribution in [2.75, 3.05) is 25.9 Å². The van der Waals surface area contributed by atoms with Gasteiger partial charge in [0, 0.05) is 36.9 Å². The highest BCUT2D eigenvalue weighted by Crippen LogP contribution is 2.35. The standard InChI is InChI=1S/C27H31Cl2N3O5S/c1-38-21-9-7-18(24(28)25(21)29)8-10-23(34)32-13-11-19(12-14-32)26(35)31-20(27(36)37)16-30-22(33)15-17-5-3-2-4-6-17/h2-7,9,19-20H,8,10-16H2,1H3,(H,30,33)(H,31,35)(H,36,37). The Balaban J connectivity index is 1.43. The summed E-state index contributed by atoms with van der Waals surface area (Å²) in [4.78, 5) is 51.9. The summed E-state index contributed by atoms with van der Waals surface area (Å²) in [5.41, 5.74) is 1.62. The molecule has 0 bridgehead atoms. The number of carboxylic acids is 1. The van der Waals surface area contributed by atoms with Crippen LogP contribution in [0.3, 0.4) is 0 Å². The van der Waals surface area contributed by atoms with Gasteiger partial charge < -0.3 is 20.6 Å². The predicted molar refractivity (Wildman–Crippen MR) is 149 cm³/mol. The van der Waals surface area contributed by atoms with Crippen LogP contribution in [-0.4, -0.2) is 65.6 Å². The van der Waals surface area contributed by atoms with Crippen molar-refractivity contribution in [3.8, 4) is 0 Å². The minimum absolute atomic E-state index is 0.0328. The van der Waals surface area contributed by atoms with E-state index in [1.54, 1.807) is 17.0 Å². The van der Waals surface area contributed by atoms with Crippen LogP contribution in [0.4, 0.5) is 0 Å². The Bertz CT molecular complexity index is 1160. The number of nitrogens with zero attached hydrogens (tertiary/aromatic N) is 1. The Morgan fingerprint density at radius 1 is 1.05 bits per heavy atom. The number of hydrogen-bond acceptors (Lipinski definition) is 5. The molecule has 0 saturated carbocycles. The molecule has 11 heteroatoms. The second kappa shape index (κ2) is 14.4. The third-order valence-electron chi connectivity index (χ3n) is 6.50. The lowest BCUT2D eigenvalue weighted by atomic mass is 9.95. The van der Waals surface area contributed by atoms with Crippen LogP contribution in [0.1, 0.15) is 30.4 Å². The Labute approximate surface area is 236 Å². The molecule has 1 fully saturated rings. The van der Waals surface area contributed by atoms with E-state index in [4.69, 9.17) is 23.2 Å². The van der Waals surface area contributed by atoms with Crippen LogP contribution in [-0.2, 0) is 32.0 Å². The number of likely N-dealkylation sites (tertiary alicyclic amines) is 1. The SMILES string of the molecule is CSc1ccc(CCC(=O)N2CCC(C(=O)NC(CNC(=O)Cc3ccccc3)C(=O)O)CC2)c(Cl)c1Cl. The summed E-state index contributed by atoms with van der Waals surface area (Å²) in [5, 5.41) is 15.6. The number of amides is 3. The van der Waals surface area contributed by atoms with E-state index in [0.29, 0.717) is 42.4 Å². The fourth-order valence-electron chi connectivity index (χ4n) is 4.26. The number of carbonyl (C=O) groups excluding carboxylic acids is 3. The minimum Gasteiger partial charge on any atom is -0.480 e. The second-order valence-corrected chi connectivity index (χ2v) is 10.7. The first-order chi connectivity index (χ1) is 18.2. The van der Waals surface area contributed by atoms with Gasteiger partial charge in [-0.2, -0.15) is 0 Å². The summed E-state index contributed by atoms with van der Waals surface area (Å²) < 4.78 is 0. The van der Waals surface area contributed by atoms with Crippen LogP contribution in [0.25, 0.3) is 0 Å². The number of carbonyl (C=O) groups is 4. The van der Waals surface area contributed by atoms with Crippen LogP contribution >= 0.6 is 35.0 Å². The van der Waals surface area contributed by atoms with E-state index in [9.17, 15) is 24.3 Å². The molecule has 0 radical (unpaired) electrons. The van der Waals surface area contributed by atoms with E-state index < -0.39 is 23.8 Å². The lowest BCUT2D eigenvalue weighted by molar-refractivity contribution is -0.143. The molecule has 1 heterocycles. The van der Waals surface area contributed by atoms with E-state index in [2.05, 4.69) is 10.6 Å². The Kier molecular flexibility index (Phi) is 11.3. The second-order valence-electron chi connectivity index (χ2n) is 9.08. The summed E-state index contributed by atoms with van der Waals surface area (Å²) >= 11 is 14.2. The highest BCUT2D eigenvalue weighted by Gasteiger charge is 2.30. The van der Waals surface area contributed by atoms with Crippen molar-refractivity contribution in [1.29, 1.82) is 0 Å². The van der Waals surface area contributed by atoms with Crippen molar-refractivity contribution >= 4 is 58.7 Å². The predicted octanol–water partition coefficient (Wildman–Crippen LogP) is 3.81. The Morgan fingerprint density at radius 3 is 2.37 bits per heavy atom. The van der Waals surface area contributed by atoms with Crippen molar-refractivity contribution in [1.82, 2.24) is 15.5 Å². The number of hydrogen-bond donors (Lipinski definition) is 3. The number of nitrogens with one attached hydrogen (secondary N) is 2. The highest BCUT2D eigenvalue weighted by molar-refractivity contribution is 7.98. The van der Waals surface area contributed by atoms with Gasteiger partial charge >= 0.3 is 5.97 Å². The van der Waals surface area contributed by atoms with E-state index in [1.165, 1.54) is 11.8 Å². The molecule has 1 unspecified atom stereocenters. The van der Waals surface area contributed by atoms with E-state index in [0.717, 1.165) is 16.0 Å². The average Bonchev–Trinajstić information content (AvgIpc) is 2.92. The highest BCUT2D eigenvalue weighted by atomic mass is 35.5. The van der Waals surface area contributed by atoms with Crippen molar-refractivity contribution in [3.63, 3.8) is 0 Å². The Morgan fingerprint density at radius 2 is 1.74 bits per heavy atom. The molecule has 0 spiro atoms. The van der Waals surface area contributed by atoms with Gasteiger partial charge in [0.2, 0.25) is 17.7 Å². The van der Waals surface area contributed by atoms with Crippen molar-refractivity contribution in [2.45, 2.75) is 43.0 Å². The van der Waals surface area contributed by atoms with Gasteiger partial charge in [0.05, 0.1) is 16.5 Å². The van der Waals surface area contributed by atoms with Gasteiger partial charge in [-0.05, 0) is 42.7 Å². The summed E-state index contributed by atoms with van der Waals surface area (Å²) in [6, 6.07) is 11.6. The molecule has 1 aliphatic heterocycles. The zero-order valence-electron chi connectivity index (χ0n) is 21.0. The van der Waals surface area contributed by atoms with Crippen LogP contribution < -0.4 is 10.6 Å². The smallest absolute Gasteiger partial charge is 0.328 e. The molecule has 1 atom stereocenters. The fourth-order valence-corrected chi connectivity index (χ4v) is 5.48. The van der Waals surface area contributed by atoms with Gasteiger partial charge in [-0.25, -0.2) is 4.79 Å². The summed E-state index contributed by atoms with van der Waals surface area (Å²) in [7, 11) is 0. The topological polar surface area (TPSA) is 116 Å². The molecule has 3 rings (SSSR count). The van der Waals surface area contributed by atoms with Crippen LogP contribution in [0.15, 0.2) is 47.4 Å². The van der Waals surface area contributed by atoms with E-state index >= 15 is 0 Å². The largest absolute Gasteiger partial charge is 0.480 e. The summed E-state index contributed by atoms with van der Waals surface area (Å²) in [5.74, 6) is -2.39. The minimum atomic E-state index is -1.24. The van der Waals surface area contributed by atoms with E-state index in [-0.39, 0.29) is 31.2 Å². The molecular formula is C27H31Cl2N3O5S. The number of thioether (sulfide) groups is 1. The quantitative estimate of drug-likeness (QED) is 0.348. The maximum Gasteiger partial charge on any atom is 0.328 e. The normalized spacial score (nSPS) is 14.6. The van der Waals surface area contributed by atoms with Gasteiger partial charge in [-0.1, -0.05) is 59.6 Å². The van der Waals surface area contributed by atoms with Crippen LogP contribution in [0, 0.1) is 5.92 Å². The zero-order chi connectivity index (χ0) is 27.7. The van der Waals surface area contributed by atoms with Gasteiger partial charge in [-0.3, -0.25) is 14.4 Å². The molecule has 2 aromatic rings.